The largest absolute Gasteiger partial charge is 0.341 e. The molecular weight excluding hydrogens is 260 g/mol. The molecule has 0 spiro atoms. The first-order valence-electron chi connectivity index (χ1n) is 6.58. The van der Waals surface area contributed by atoms with Crippen molar-refractivity contribution in [2.24, 2.45) is 5.92 Å². The number of hydrogen-bond donors (Lipinski definition) is 3. The smallest absolute Gasteiger partial charge is 0.321 e. The molecule has 8 nitrogen and oxygen atoms in total. The fourth-order valence-electron chi connectivity index (χ4n) is 1.47. The van der Waals surface area contributed by atoms with E-state index in [0.29, 0.717) is 12.5 Å². The molecule has 0 aliphatic carbocycles. The Balaban J connectivity index is 2.53. The van der Waals surface area contributed by atoms with E-state index in [1.165, 1.54) is 11.7 Å². The first-order chi connectivity index (χ1) is 9.43. The number of carbonyl (C=O) groups excluding carboxylic acids is 2. The van der Waals surface area contributed by atoms with Gasteiger partial charge < -0.3 is 10.6 Å². The minimum Gasteiger partial charge on any atom is -0.341 e. The Morgan fingerprint density at radius 2 is 2.05 bits per heavy atom. The molecule has 0 radical (unpaired) electrons. The third-order valence-electron chi connectivity index (χ3n) is 2.66. The maximum absolute atomic E-state index is 11.7. The van der Waals surface area contributed by atoms with E-state index in [1.807, 2.05) is 0 Å². The van der Waals surface area contributed by atoms with E-state index in [2.05, 4.69) is 40.1 Å². The van der Waals surface area contributed by atoms with Crippen molar-refractivity contribution in [1.82, 2.24) is 30.9 Å². The van der Waals surface area contributed by atoms with Crippen LogP contribution in [0.3, 0.4) is 0 Å². The van der Waals surface area contributed by atoms with Gasteiger partial charge in [0.05, 0.1) is 11.9 Å². The van der Waals surface area contributed by atoms with Gasteiger partial charge in [0.1, 0.15) is 6.04 Å². The lowest BCUT2D eigenvalue weighted by Crippen LogP contribution is -2.40. The van der Waals surface area contributed by atoms with Crippen LogP contribution in [0.15, 0.2) is 6.20 Å². The fraction of sp³-hybridized carbons (Fsp3) is 0.667. The predicted octanol–water partition coefficient (Wildman–Crippen LogP) is 0.0403. The number of hydrogen-bond acceptors (Lipinski definition) is 5. The molecule has 20 heavy (non-hydrogen) atoms. The lowest BCUT2D eigenvalue weighted by molar-refractivity contribution is -0.123. The third kappa shape index (κ3) is 4.96. The Labute approximate surface area is 118 Å². The normalized spacial score (nSPS) is 12.2. The molecule has 1 aromatic rings. The van der Waals surface area contributed by atoms with Crippen LogP contribution in [0.2, 0.25) is 0 Å². The summed E-state index contributed by atoms with van der Waals surface area (Å²) >= 11 is 0. The summed E-state index contributed by atoms with van der Waals surface area (Å²) in [5, 5.41) is 15.7. The number of rotatable bonds is 6. The molecule has 1 heterocycles. The molecule has 1 unspecified atom stereocenters. The average Bonchev–Trinajstić information content (AvgIpc) is 2.85. The third-order valence-corrected chi connectivity index (χ3v) is 2.66. The Kier molecular flexibility index (Phi) is 6.10. The molecule has 0 fully saturated rings. The highest BCUT2D eigenvalue weighted by molar-refractivity contribution is 5.95. The SMILES string of the molecule is CNC(=O)NC(=O)C(C)n1cc(CNCC(C)C)nn1. The Morgan fingerprint density at radius 3 is 2.65 bits per heavy atom. The summed E-state index contributed by atoms with van der Waals surface area (Å²) in [5.74, 6) is 0.123. The van der Waals surface area contributed by atoms with E-state index in [4.69, 9.17) is 0 Å². The number of nitrogens with zero attached hydrogens (tertiary/aromatic N) is 3. The van der Waals surface area contributed by atoms with Crippen molar-refractivity contribution in [3.8, 4) is 0 Å². The number of urea groups is 1. The molecule has 1 rings (SSSR count). The Morgan fingerprint density at radius 1 is 1.35 bits per heavy atom. The molecule has 3 N–H and O–H groups in total. The molecule has 112 valence electrons. The lowest BCUT2D eigenvalue weighted by Gasteiger charge is -2.10. The quantitative estimate of drug-likeness (QED) is 0.684. The summed E-state index contributed by atoms with van der Waals surface area (Å²) in [6.07, 6.45) is 1.70. The van der Waals surface area contributed by atoms with Crippen LogP contribution in [-0.4, -0.2) is 40.5 Å². The van der Waals surface area contributed by atoms with Crippen LogP contribution < -0.4 is 16.0 Å². The standard InChI is InChI=1S/C12H22N6O2/c1-8(2)5-14-6-10-7-18(17-16-10)9(3)11(19)15-12(20)13-4/h7-9,14H,5-6H2,1-4H3,(H2,13,15,19,20). The van der Waals surface area contributed by atoms with Crippen molar-refractivity contribution in [3.05, 3.63) is 11.9 Å². The molecule has 0 saturated carbocycles. The molecule has 0 aromatic carbocycles. The van der Waals surface area contributed by atoms with Gasteiger partial charge >= 0.3 is 6.03 Å². The second kappa shape index (κ2) is 7.59. The van der Waals surface area contributed by atoms with Crippen LogP contribution in [0.5, 0.6) is 0 Å². The highest BCUT2D eigenvalue weighted by atomic mass is 16.2. The first-order valence-corrected chi connectivity index (χ1v) is 6.58. The topological polar surface area (TPSA) is 101 Å². The van der Waals surface area contributed by atoms with Gasteiger partial charge in [-0.15, -0.1) is 5.10 Å². The van der Waals surface area contributed by atoms with Crippen molar-refractivity contribution in [2.75, 3.05) is 13.6 Å². The minimum absolute atomic E-state index is 0.434. The second-order valence-corrected chi connectivity index (χ2v) is 4.96. The van der Waals surface area contributed by atoms with Gasteiger partial charge in [-0.3, -0.25) is 10.1 Å². The lowest BCUT2D eigenvalue weighted by atomic mass is 10.2. The molecule has 0 bridgehead atoms. The number of imide groups is 1. The zero-order valence-corrected chi connectivity index (χ0v) is 12.3. The maximum atomic E-state index is 11.7. The second-order valence-electron chi connectivity index (χ2n) is 4.96. The molecule has 0 aliphatic heterocycles. The highest BCUT2D eigenvalue weighted by Gasteiger charge is 2.18. The average molecular weight is 282 g/mol. The number of amides is 3. The number of aromatic nitrogens is 3. The number of carbonyl (C=O) groups is 2. The van der Waals surface area contributed by atoms with Crippen molar-refractivity contribution >= 4 is 11.9 Å². The summed E-state index contributed by atoms with van der Waals surface area (Å²) in [6.45, 7) is 7.38. The van der Waals surface area contributed by atoms with Gasteiger partial charge in [-0.05, 0) is 19.4 Å². The van der Waals surface area contributed by atoms with E-state index < -0.39 is 18.0 Å². The van der Waals surface area contributed by atoms with Gasteiger partial charge in [-0.25, -0.2) is 9.48 Å². The molecule has 8 heteroatoms. The molecule has 1 aromatic heterocycles. The minimum atomic E-state index is -0.598. The Bertz CT molecular complexity index is 457. The molecule has 3 amide bonds. The van der Waals surface area contributed by atoms with E-state index in [1.54, 1.807) is 13.1 Å². The zero-order chi connectivity index (χ0) is 15.1. The monoisotopic (exact) mass is 282 g/mol. The summed E-state index contributed by atoms with van der Waals surface area (Å²) in [4.78, 5) is 22.8. The van der Waals surface area contributed by atoms with Crippen molar-refractivity contribution in [1.29, 1.82) is 0 Å². The molecular formula is C12H22N6O2. The zero-order valence-electron chi connectivity index (χ0n) is 12.3. The van der Waals surface area contributed by atoms with Gasteiger partial charge in [0.15, 0.2) is 0 Å². The van der Waals surface area contributed by atoms with Crippen LogP contribution in [0.25, 0.3) is 0 Å². The van der Waals surface area contributed by atoms with Crippen LogP contribution in [0.4, 0.5) is 4.79 Å². The van der Waals surface area contributed by atoms with Crippen LogP contribution in [0, 0.1) is 5.92 Å². The van der Waals surface area contributed by atoms with Crippen molar-refractivity contribution in [2.45, 2.75) is 33.4 Å². The Hall–Kier alpha value is -1.96. The predicted molar refractivity (Wildman–Crippen MR) is 73.9 cm³/mol. The highest BCUT2D eigenvalue weighted by Crippen LogP contribution is 2.04. The van der Waals surface area contributed by atoms with Gasteiger partial charge in [-0.1, -0.05) is 19.1 Å². The van der Waals surface area contributed by atoms with Crippen LogP contribution >= 0.6 is 0 Å². The fourth-order valence-corrected chi connectivity index (χ4v) is 1.47. The van der Waals surface area contributed by atoms with Gasteiger partial charge in [-0.2, -0.15) is 0 Å². The van der Waals surface area contributed by atoms with Crippen LogP contribution in [0.1, 0.15) is 32.5 Å². The summed E-state index contributed by atoms with van der Waals surface area (Å²) in [5.41, 5.74) is 0.755. The summed E-state index contributed by atoms with van der Waals surface area (Å²) in [6, 6.07) is -1.14. The van der Waals surface area contributed by atoms with Gasteiger partial charge in [0.2, 0.25) is 0 Å². The van der Waals surface area contributed by atoms with E-state index in [9.17, 15) is 9.59 Å². The first kappa shape index (κ1) is 16.1. The van der Waals surface area contributed by atoms with E-state index >= 15 is 0 Å². The van der Waals surface area contributed by atoms with Crippen LogP contribution in [-0.2, 0) is 11.3 Å². The van der Waals surface area contributed by atoms with Crippen molar-refractivity contribution in [3.63, 3.8) is 0 Å². The summed E-state index contributed by atoms with van der Waals surface area (Å²) < 4.78 is 1.44. The summed E-state index contributed by atoms with van der Waals surface area (Å²) in [7, 11) is 1.45. The maximum Gasteiger partial charge on any atom is 0.321 e. The van der Waals surface area contributed by atoms with Gasteiger partial charge in [0, 0.05) is 13.6 Å². The van der Waals surface area contributed by atoms with E-state index in [-0.39, 0.29) is 0 Å². The molecule has 0 saturated heterocycles. The molecule has 1 atom stereocenters. The van der Waals surface area contributed by atoms with Crippen molar-refractivity contribution < 1.29 is 9.59 Å². The number of nitrogens with one attached hydrogen (secondary N) is 3. The molecule has 0 aliphatic rings. The van der Waals surface area contributed by atoms with E-state index in [0.717, 1.165) is 12.2 Å². The van der Waals surface area contributed by atoms with Gasteiger partial charge in [0.25, 0.3) is 5.91 Å².